The molecule has 24 heavy (non-hydrogen) atoms. The van der Waals surface area contributed by atoms with Gasteiger partial charge in [-0.15, -0.1) is 0 Å². The predicted octanol–water partition coefficient (Wildman–Crippen LogP) is 1.000. The zero-order valence-electron chi connectivity index (χ0n) is 13.6. The molecule has 2 aliphatic heterocycles. The number of carboxylic acid groups (broad SMARTS) is 1. The smallest absolute Gasteiger partial charge is 0.321 e. The molecule has 2 aliphatic rings. The molecular formula is C18H22N4O2. The van der Waals surface area contributed by atoms with E-state index in [9.17, 15) is 9.90 Å². The summed E-state index contributed by atoms with van der Waals surface area (Å²) in [5.41, 5.74) is 10.5. The van der Waals surface area contributed by atoms with Crippen molar-refractivity contribution >= 4 is 5.97 Å². The van der Waals surface area contributed by atoms with Crippen LogP contribution >= 0.6 is 0 Å². The fraction of sp³-hybridized carbons (Fsp3) is 0.444. The van der Waals surface area contributed by atoms with Crippen molar-refractivity contribution in [3.8, 4) is 5.69 Å². The number of nitrogens with zero attached hydrogens (tertiary/aromatic N) is 3. The number of benzene rings is 1. The predicted molar refractivity (Wildman–Crippen MR) is 90.3 cm³/mol. The van der Waals surface area contributed by atoms with Crippen LogP contribution in [0.5, 0.6) is 0 Å². The van der Waals surface area contributed by atoms with Gasteiger partial charge in [0.05, 0.1) is 12.0 Å². The molecule has 6 nitrogen and oxygen atoms in total. The number of rotatable bonds is 4. The van der Waals surface area contributed by atoms with Crippen LogP contribution < -0.4 is 5.73 Å². The first-order chi connectivity index (χ1) is 11.6. The zero-order valence-corrected chi connectivity index (χ0v) is 13.6. The van der Waals surface area contributed by atoms with Gasteiger partial charge in [-0.3, -0.25) is 9.69 Å². The summed E-state index contributed by atoms with van der Waals surface area (Å²) in [4.78, 5) is 18.3. The van der Waals surface area contributed by atoms with E-state index in [0.717, 1.165) is 42.9 Å². The molecule has 3 heterocycles. The van der Waals surface area contributed by atoms with Crippen LogP contribution in [0.1, 0.15) is 23.4 Å². The van der Waals surface area contributed by atoms with Crippen molar-refractivity contribution in [2.24, 2.45) is 5.73 Å². The topological polar surface area (TPSA) is 84.4 Å². The molecule has 1 saturated heterocycles. The highest BCUT2D eigenvalue weighted by molar-refractivity contribution is 5.74. The molecule has 0 saturated carbocycles. The third kappa shape index (κ3) is 2.61. The summed E-state index contributed by atoms with van der Waals surface area (Å²) in [6, 6.07) is 7.85. The molecule has 6 heteroatoms. The van der Waals surface area contributed by atoms with Crippen molar-refractivity contribution < 1.29 is 9.90 Å². The summed E-state index contributed by atoms with van der Waals surface area (Å²) in [6.07, 6.45) is 5.00. The largest absolute Gasteiger partial charge is 0.480 e. The molecule has 1 aromatic carbocycles. The highest BCUT2D eigenvalue weighted by atomic mass is 16.4. The van der Waals surface area contributed by atoms with Crippen LogP contribution in [0.15, 0.2) is 30.6 Å². The molecule has 0 amide bonds. The van der Waals surface area contributed by atoms with E-state index in [1.165, 1.54) is 5.56 Å². The summed E-state index contributed by atoms with van der Waals surface area (Å²) in [7, 11) is 0. The van der Waals surface area contributed by atoms with Gasteiger partial charge in [0.2, 0.25) is 0 Å². The average Bonchev–Trinajstić information content (AvgIpc) is 3.18. The second-order valence-electron chi connectivity index (χ2n) is 6.74. The number of aromatic nitrogens is 2. The highest BCUT2D eigenvalue weighted by Crippen LogP contribution is 2.27. The number of nitrogens with two attached hydrogens (primary N) is 1. The SMILES string of the molecule is N[C@H]1CCN(C(Cc2ncn3c2CCc2ccccc2-3)C(=O)O)C1. The van der Waals surface area contributed by atoms with Crippen molar-refractivity contribution in [2.75, 3.05) is 13.1 Å². The van der Waals surface area contributed by atoms with Crippen LogP contribution in [-0.2, 0) is 24.1 Å². The number of aliphatic carboxylic acids is 1. The van der Waals surface area contributed by atoms with Crippen LogP contribution in [0.2, 0.25) is 0 Å². The number of carbonyl (C=O) groups is 1. The third-order valence-corrected chi connectivity index (χ3v) is 5.20. The quantitative estimate of drug-likeness (QED) is 0.876. The van der Waals surface area contributed by atoms with Gasteiger partial charge in [0.25, 0.3) is 0 Å². The standard InChI is InChI=1S/C18H22N4O2/c19-13-7-8-21(10-13)17(18(23)24)9-14-16-6-5-12-3-1-2-4-15(12)22(16)11-20-14/h1-4,11,13,17H,5-10,19H2,(H,23,24)/t13-,17?/m0/s1. The van der Waals surface area contributed by atoms with Gasteiger partial charge in [-0.05, 0) is 30.9 Å². The minimum Gasteiger partial charge on any atom is -0.480 e. The molecule has 1 unspecified atom stereocenters. The first kappa shape index (κ1) is 15.4. The van der Waals surface area contributed by atoms with Crippen molar-refractivity contribution in [3.63, 3.8) is 0 Å². The number of fused-ring (bicyclic) bond motifs is 3. The summed E-state index contributed by atoms with van der Waals surface area (Å²) < 4.78 is 2.11. The lowest BCUT2D eigenvalue weighted by Gasteiger charge is -2.24. The summed E-state index contributed by atoms with van der Waals surface area (Å²) in [5, 5.41) is 9.66. The Morgan fingerprint density at radius 1 is 1.38 bits per heavy atom. The number of aryl methyl sites for hydroxylation is 1. The molecule has 2 aromatic rings. The Morgan fingerprint density at radius 3 is 2.96 bits per heavy atom. The summed E-state index contributed by atoms with van der Waals surface area (Å²) in [6.45, 7) is 1.40. The number of carboxylic acids is 1. The van der Waals surface area contributed by atoms with Gasteiger partial charge in [0.15, 0.2) is 0 Å². The van der Waals surface area contributed by atoms with E-state index in [-0.39, 0.29) is 6.04 Å². The van der Waals surface area contributed by atoms with E-state index in [1.54, 1.807) is 0 Å². The second kappa shape index (κ2) is 6.03. The van der Waals surface area contributed by atoms with Crippen molar-refractivity contribution in [1.29, 1.82) is 0 Å². The van der Waals surface area contributed by atoms with Crippen molar-refractivity contribution in [3.05, 3.63) is 47.5 Å². The van der Waals surface area contributed by atoms with Gasteiger partial charge in [-0.1, -0.05) is 18.2 Å². The van der Waals surface area contributed by atoms with Gasteiger partial charge in [0, 0.05) is 36.9 Å². The number of hydrogen-bond acceptors (Lipinski definition) is 4. The molecule has 3 N–H and O–H groups in total. The first-order valence-corrected chi connectivity index (χ1v) is 8.49. The van der Waals surface area contributed by atoms with Crippen LogP contribution in [0.4, 0.5) is 0 Å². The van der Waals surface area contributed by atoms with E-state index in [0.29, 0.717) is 13.0 Å². The van der Waals surface area contributed by atoms with E-state index >= 15 is 0 Å². The minimum absolute atomic E-state index is 0.0784. The first-order valence-electron chi connectivity index (χ1n) is 8.49. The molecule has 0 aliphatic carbocycles. The van der Waals surface area contributed by atoms with Crippen molar-refractivity contribution in [1.82, 2.24) is 14.5 Å². The Kier molecular flexibility index (Phi) is 3.86. The molecule has 2 atom stereocenters. The maximum absolute atomic E-state index is 11.8. The Hall–Kier alpha value is -2.18. The lowest BCUT2D eigenvalue weighted by atomic mass is 9.99. The Labute approximate surface area is 140 Å². The Bertz CT molecular complexity index is 770. The van der Waals surface area contributed by atoms with E-state index < -0.39 is 12.0 Å². The van der Waals surface area contributed by atoms with E-state index in [4.69, 9.17) is 5.73 Å². The van der Waals surface area contributed by atoms with Crippen LogP contribution in [0.3, 0.4) is 0 Å². The summed E-state index contributed by atoms with van der Waals surface area (Å²) >= 11 is 0. The fourth-order valence-electron chi connectivity index (χ4n) is 3.92. The van der Waals surface area contributed by atoms with Crippen LogP contribution in [-0.4, -0.2) is 50.7 Å². The molecular weight excluding hydrogens is 304 g/mol. The van der Waals surface area contributed by atoms with Crippen LogP contribution in [0, 0.1) is 0 Å². The molecule has 126 valence electrons. The minimum atomic E-state index is -0.790. The second-order valence-corrected chi connectivity index (χ2v) is 6.74. The average molecular weight is 326 g/mol. The van der Waals surface area contributed by atoms with Gasteiger partial charge >= 0.3 is 5.97 Å². The monoisotopic (exact) mass is 326 g/mol. The van der Waals surface area contributed by atoms with Gasteiger partial charge < -0.3 is 15.4 Å². The summed E-state index contributed by atoms with van der Waals surface area (Å²) in [5.74, 6) is -0.790. The number of para-hydroxylation sites is 1. The molecule has 4 rings (SSSR count). The normalized spacial score (nSPS) is 21.3. The zero-order chi connectivity index (χ0) is 16.7. The Balaban J connectivity index is 1.62. The molecule has 0 spiro atoms. The van der Waals surface area contributed by atoms with Crippen molar-refractivity contribution in [2.45, 2.75) is 37.8 Å². The number of hydrogen-bond donors (Lipinski definition) is 2. The van der Waals surface area contributed by atoms with Gasteiger partial charge in [-0.2, -0.15) is 0 Å². The molecule has 1 fully saturated rings. The lowest BCUT2D eigenvalue weighted by Crippen LogP contribution is -2.42. The maximum atomic E-state index is 11.8. The molecule has 0 radical (unpaired) electrons. The fourth-order valence-corrected chi connectivity index (χ4v) is 3.92. The molecule has 0 bridgehead atoms. The lowest BCUT2D eigenvalue weighted by molar-refractivity contribution is -0.142. The highest BCUT2D eigenvalue weighted by Gasteiger charge is 2.33. The van der Waals surface area contributed by atoms with Gasteiger partial charge in [-0.25, -0.2) is 4.98 Å². The third-order valence-electron chi connectivity index (χ3n) is 5.20. The maximum Gasteiger partial charge on any atom is 0.321 e. The number of imidazole rings is 1. The number of likely N-dealkylation sites (tertiary alicyclic amines) is 1. The van der Waals surface area contributed by atoms with Gasteiger partial charge in [0.1, 0.15) is 6.04 Å². The van der Waals surface area contributed by atoms with Crippen LogP contribution in [0.25, 0.3) is 5.69 Å². The van der Waals surface area contributed by atoms with E-state index in [1.807, 2.05) is 17.3 Å². The Morgan fingerprint density at radius 2 is 2.21 bits per heavy atom. The van der Waals surface area contributed by atoms with E-state index in [2.05, 4.69) is 27.8 Å². The molecule has 1 aromatic heterocycles.